The smallest absolute Gasteiger partial charge is 0.335 e. The first-order chi connectivity index (χ1) is 12.6. The summed E-state index contributed by atoms with van der Waals surface area (Å²) in [5.74, 6) is -0.178. The quantitative estimate of drug-likeness (QED) is 0.746. The average Bonchev–Trinajstić information content (AvgIpc) is 3.19. The number of aryl methyl sites for hydroxylation is 3. The van der Waals surface area contributed by atoms with Gasteiger partial charge in [-0.05, 0) is 48.9 Å². The molecule has 2 aromatic heterocycles. The van der Waals surface area contributed by atoms with Crippen LogP contribution in [0.4, 0.5) is 0 Å². The molecule has 0 amide bonds. The summed E-state index contributed by atoms with van der Waals surface area (Å²) in [5, 5.41) is 9.98. The number of hydrogen-bond acceptors (Lipinski definition) is 4. The van der Waals surface area contributed by atoms with Crippen molar-refractivity contribution in [3.63, 3.8) is 0 Å². The molecule has 0 bridgehead atoms. The van der Waals surface area contributed by atoms with Gasteiger partial charge in [-0.25, -0.2) is 9.78 Å². The summed E-state index contributed by atoms with van der Waals surface area (Å²) in [5.41, 5.74) is 2.23. The van der Waals surface area contributed by atoms with Gasteiger partial charge >= 0.3 is 5.97 Å². The highest BCUT2D eigenvalue weighted by Crippen LogP contribution is 2.34. The normalized spacial score (nSPS) is 13.3. The summed E-state index contributed by atoms with van der Waals surface area (Å²) in [6.07, 6.45) is 4.73. The van der Waals surface area contributed by atoms with Gasteiger partial charge in [-0.2, -0.15) is 0 Å². The summed E-state index contributed by atoms with van der Waals surface area (Å²) >= 11 is 1.66. The highest BCUT2D eigenvalue weighted by atomic mass is 32.1. The molecule has 4 rings (SSSR count). The molecule has 0 radical (unpaired) electrons. The van der Waals surface area contributed by atoms with Crippen LogP contribution in [0, 0.1) is 0 Å². The molecule has 2 heterocycles. The van der Waals surface area contributed by atoms with Gasteiger partial charge in [0, 0.05) is 11.3 Å². The number of thiophene rings is 1. The number of fused-ring (bicyclic) bond motifs is 3. The van der Waals surface area contributed by atoms with E-state index in [2.05, 4.69) is 6.92 Å². The SMILES string of the molecule is CCCc1nc2sc3c(c2c(=O)n1Cc1cccc(C(=O)O)c1)CCC3. The van der Waals surface area contributed by atoms with Crippen molar-refractivity contribution < 1.29 is 9.90 Å². The molecule has 0 aliphatic heterocycles. The lowest BCUT2D eigenvalue weighted by Crippen LogP contribution is -2.26. The number of rotatable bonds is 5. The number of carbonyl (C=O) groups is 1. The second-order valence-electron chi connectivity index (χ2n) is 6.71. The maximum atomic E-state index is 13.3. The van der Waals surface area contributed by atoms with Gasteiger partial charge in [0.05, 0.1) is 17.5 Å². The summed E-state index contributed by atoms with van der Waals surface area (Å²) < 4.78 is 1.73. The maximum absolute atomic E-state index is 13.3. The van der Waals surface area contributed by atoms with Crippen LogP contribution in [0.1, 0.15) is 52.0 Å². The van der Waals surface area contributed by atoms with Crippen molar-refractivity contribution in [2.75, 3.05) is 0 Å². The molecule has 3 aromatic rings. The van der Waals surface area contributed by atoms with Crippen LogP contribution in [0.2, 0.25) is 0 Å². The van der Waals surface area contributed by atoms with Gasteiger partial charge in [-0.1, -0.05) is 19.1 Å². The van der Waals surface area contributed by atoms with Gasteiger partial charge < -0.3 is 5.11 Å². The van der Waals surface area contributed by atoms with Crippen LogP contribution < -0.4 is 5.56 Å². The fraction of sp³-hybridized carbons (Fsp3) is 0.350. The van der Waals surface area contributed by atoms with Gasteiger partial charge in [-0.15, -0.1) is 11.3 Å². The van der Waals surface area contributed by atoms with E-state index in [1.54, 1.807) is 34.1 Å². The molecule has 0 saturated heterocycles. The van der Waals surface area contributed by atoms with Crippen molar-refractivity contribution in [2.24, 2.45) is 0 Å². The molecule has 26 heavy (non-hydrogen) atoms. The van der Waals surface area contributed by atoms with Crippen LogP contribution in [0.5, 0.6) is 0 Å². The maximum Gasteiger partial charge on any atom is 0.335 e. The minimum atomic E-state index is -0.961. The zero-order chi connectivity index (χ0) is 18.3. The molecule has 0 saturated carbocycles. The largest absolute Gasteiger partial charge is 0.478 e. The molecule has 0 unspecified atom stereocenters. The highest BCUT2D eigenvalue weighted by Gasteiger charge is 2.23. The van der Waals surface area contributed by atoms with Crippen LogP contribution in [0.15, 0.2) is 29.1 Å². The second-order valence-corrected chi connectivity index (χ2v) is 7.80. The first-order valence-electron chi connectivity index (χ1n) is 8.94. The number of benzene rings is 1. The number of carboxylic acid groups (broad SMARTS) is 1. The first kappa shape index (κ1) is 17.0. The van der Waals surface area contributed by atoms with Crippen molar-refractivity contribution in [1.82, 2.24) is 9.55 Å². The van der Waals surface area contributed by atoms with Crippen molar-refractivity contribution in [3.05, 3.63) is 62.0 Å². The van der Waals surface area contributed by atoms with E-state index < -0.39 is 5.97 Å². The Balaban J connectivity index is 1.86. The predicted octanol–water partition coefficient (Wildman–Crippen LogP) is 3.65. The lowest BCUT2D eigenvalue weighted by Gasteiger charge is -2.13. The molecule has 5 nitrogen and oxygen atoms in total. The standard InChI is InChI=1S/C20H20N2O3S/c1-2-5-16-21-18-17(14-8-4-9-15(14)26-18)19(23)22(16)11-12-6-3-7-13(10-12)20(24)25/h3,6-7,10H,2,4-5,8-9,11H2,1H3,(H,24,25). The third-order valence-corrected chi connectivity index (χ3v) is 6.08. The summed E-state index contributed by atoms with van der Waals surface area (Å²) in [6.45, 7) is 2.42. The Hall–Kier alpha value is -2.47. The van der Waals surface area contributed by atoms with E-state index >= 15 is 0 Å². The zero-order valence-electron chi connectivity index (χ0n) is 14.6. The lowest BCUT2D eigenvalue weighted by molar-refractivity contribution is 0.0696. The molecule has 134 valence electrons. The molecular formula is C20H20N2O3S. The molecule has 1 aromatic carbocycles. The van der Waals surface area contributed by atoms with Crippen LogP contribution in [0.25, 0.3) is 10.2 Å². The summed E-state index contributed by atoms with van der Waals surface area (Å²) in [6, 6.07) is 6.77. The number of aromatic nitrogens is 2. The second kappa shape index (κ2) is 6.68. The Labute approximate surface area is 154 Å². The molecule has 1 N–H and O–H groups in total. The number of nitrogens with zero attached hydrogens (tertiary/aromatic N) is 2. The van der Waals surface area contributed by atoms with Crippen molar-refractivity contribution >= 4 is 27.5 Å². The van der Waals surface area contributed by atoms with Crippen molar-refractivity contribution in [1.29, 1.82) is 0 Å². The number of hydrogen-bond donors (Lipinski definition) is 1. The van der Waals surface area contributed by atoms with E-state index in [1.807, 2.05) is 6.07 Å². The van der Waals surface area contributed by atoms with Gasteiger partial charge in [0.25, 0.3) is 5.56 Å². The lowest BCUT2D eigenvalue weighted by atomic mass is 10.1. The Morgan fingerprint density at radius 1 is 1.35 bits per heavy atom. The molecular weight excluding hydrogens is 348 g/mol. The van der Waals surface area contributed by atoms with Crippen LogP contribution in [-0.2, 0) is 25.8 Å². The summed E-state index contributed by atoms with van der Waals surface area (Å²) in [7, 11) is 0. The highest BCUT2D eigenvalue weighted by molar-refractivity contribution is 7.18. The molecule has 1 aliphatic rings. The van der Waals surface area contributed by atoms with E-state index in [0.29, 0.717) is 6.54 Å². The van der Waals surface area contributed by atoms with E-state index in [9.17, 15) is 14.7 Å². The fourth-order valence-electron chi connectivity index (χ4n) is 3.68. The molecule has 0 fully saturated rings. The van der Waals surface area contributed by atoms with Gasteiger partial charge in [0.1, 0.15) is 10.7 Å². The summed E-state index contributed by atoms with van der Waals surface area (Å²) in [4.78, 5) is 31.5. The van der Waals surface area contributed by atoms with Gasteiger partial charge in [-0.3, -0.25) is 9.36 Å². The Bertz CT molecular complexity index is 1060. The monoisotopic (exact) mass is 368 g/mol. The van der Waals surface area contributed by atoms with Crippen molar-refractivity contribution in [3.8, 4) is 0 Å². The fourth-order valence-corrected chi connectivity index (χ4v) is 4.95. The minimum Gasteiger partial charge on any atom is -0.478 e. The van der Waals surface area contributed by atoms with E-state index in [-0.39, 0.29) is 11.1 Å². The van der Waals surface area contributed by atoms with Crippen molar-refractivity contribution in [2.45, 2.75) is 45.6 Å². The van der Waals surface area contributed by atoms with Crippen LogP contribution in [-0.4, -0.2) is 20.6 Å². The Morgan fingerprint density at radius 2 is 2.19 bits per heavy atom. The molecule has 6 heteroatoms. The number of aromatic carboxylic acids is 1. The van der Waals surface area contributed by atoms with E-state index in [1.165, 1.54) is 10.4 Å². The Morgan fingerprint density at radius 3 is 2.96 bits per heavy atom. The molecule has 1 aliphatic carbocycles. The zero-order valence-corrected chi connectivity index (χ0v) is 15.4. The predicted molar refractivity (Wildman–Crippen MR) is 102 cm³/mol. The topological polar surface area (TPSA) is 72.2 Å². The van der Waals surface area contributed by atoms with Gasteiger partial charge in [0.2, 0.25) is 0 Å². The third kappa shape index (κ3) is 2.84. The molecule has 0 atom stereocenters. The minimum absolute atomic E-state index is 0.0126. The Kier molecular flexibility index (Phi) is 4.36. The van der Waals surface area contributed by atoms with Crippen LogP contribution >= 0.6 is 11.3 Å². The van der Waals surface area contributed by atoms with E-state index in [4.69, 9.17) is 4.98 Å². The average molecular weight is 368 g/mol. The third-order valence-electron chi connectivity index (χ3n) is 4.89. The number of carboxylic acids is 1. The molecule has 0 spiro atoms. The first-order valence-corrected chi connectivity index (χ1v) is 9.76. The van der Waals surface area contributed by atoms with Crippen LogP contribution in [0.3, 0.4) is 0 Å². The van der Waals surface area contributed by atoms with Gasteiger partial charge in [0.15, 0.2) is 0 Å². The van der Waals surface area contributed by atoms with E-state index in [0.717, 1.165) is 53.7 Å².